The molecule has 4 rings (SSSR count). The van der Waals surface area contributed by atoms with Gasteiger partial charge in [0.25, 0.3) is 0 Å². The van der Waals surface area contributed by atoms with Crippen LogP contribution in [0.25, 0.3) is 0 Å². The van der Waals surface area contributed by atoms with Gasteiger partial charge in [-0.25, -0.2) is 4.79 Å². The lowest BCUT2D eigenvalue weighted by molar-refractivity contribution is -0.138. The lowest BCUT2D eigenvalue weighted by atomic mass is 9.74. The first-order valence-corrected chi connectivity index (χ1v) is 8.74. The summed E-state index contributed by atoms with van der Waals surface area (Å²) in [5, 5.41) is 12.4. The smallest absolute Gasteiger partial charge is 0.417 e. The van der Waals surface area contributed by atoms with Crippen LogP contribution in [0.1, 0.15) is 51.0 Å². The quantitative estimate of drug-likeness (QED) is 0.680. The van der Waals surface area contributed by atoms with Crippen LogP contribution in [0, 0.1) is 12.8 Å². The van der Waals surface area contributed by atoms with E-state index in [4.69, 9.17) is 5.11 Å². The van der Waals surface area contributed by atoms with Gasteiger partial charge < -0.3 is 10.4 Å². The van der Waals surface area contributed by atoms with E-state index in [1.54, 1.807) is 18.2 Å². The molecule has 0 saturated heterocycles. The molecule has 2 aromatic carbocycles. The van der Waals surface area contributed by atoms with E-state index in [1.807, 2.05) is 12.2 Å². The van der Waals surface area contributed by atoms with Crippen molar-refractivity contribution >= 4 is 11.7 Å². The Balaban J connectivity index is 1.80. The van der Waals surface area contributed by atoms with Gasteiger partial charge in [-0.15, -0.1) is 0 Å². The van der Waals surface area contributed by atoms with Crippen molar-refractivity contribution in [3.05, 3.63) is 76.4 Å². The highest BCUT2D eigenvalue weighted by atomic mass is 19.4. The zero-order valence-electron chi connectivity index (χ0n) is 14.5. The maximum atomic E-state index is 13.7. The van der Waals surface area contributed by atoms with Crippen molar-refractivity contribution in [1.29, 1.82) is 0 Å². The predicted molar refractivity (Wildman–Crippen MR) is 95.9 cm³/mol. The Hall–Kier alpha value is -2.76. The van der Waals surface area contributed by atoms with E-state index in [0.29, 0.717) is 17.7 Å². The van der Waals surface area contributed by atoms with Crippen LogP contribution >= 0.6 is 0 Å². The first-order valence-electron chi connectivity index (χ1n) is 8.74. The first-order chi connectivity index (χ1) is 12.8. The highest BCUT2D eigenvalue weighted by Gasteiger charge is 2.44. The maximum Gasteiger partial charge on any atom is 0.417 e. The molecule has 0 aromatic heterocycles. The van der Waals surface area contributed by atoms with Crippen LogP contribution in [0.3, 0.4) is 0 Å². The van der Waals surface area contributed by atoms with E-state index >= 15 is 0 Å². The molecule has 0 fully saturated rings. The van der Waals surface area contributed by atoms with Crippen molar-refractivity contribution in [3.63, 3.8) is 0 Å². The Labute approximate surface area is 154 Å². The Morgan fingerprint density at radius 1 is 1.15 bits per heavy atom. The molecule has 1 heterocycles. The van der Waals surface area contributed by atoms with Crippen LogP contribution in [-0.4, -0.2) is 11.1 Å². The van der Waals surface area contributed by atoms with E-state index in [0.717, 1.165) is 5.56 Å². The lowest BCUT2D eigenvalue weighted by Crippen LogP contribution is -2.31. The maximum absolute atomic E-state index is 13.7. The van der Waals surface area contributed by atoms with E-state index < -0.39 is 17.7 Å². The molecule has 0 bridgehead atoms. The van der Waals surface area contributed by atoms with Gasteiger partial charge in [-0.3, -0.25) is 0 Å². The molecule has 3 unspecified atom stereocenters. The molecule has 0 amide bonds. The van der Waals surface area contributed by atoms with Gasteiger partial charge in [0.15, 0.2) is 0 Å². The number of hydrogen-bond donors (Lipinski definition) is 2. The fourth-order valence-corrected chi connectivity index (χ4v) is 4.34. The molecule has 0 radical (unpaired) electrons. The summed E-state index contributed by atoms with van der Waals surface area (Å²) in [6, 6.07) is 9.56. The second-order valence-corrected chi connectivity index (χ2v) is 7.12. The third-order valence-corrected chi connectivity index (χ3v) is 5.54. The summed E-state index contributed by atoms with van der Waals surface area (Å²) in [5.41, 5.74) is 1.55. The fourth-order valence-electron chi connectivity index (χ4n) is 4.34. The van der Waals surface area contributed by atoms with Gasteiger partial charge in [0.05, 0.1) is 17.2 Å². The summed E-state index contributed by atoms with van der Waals surface area (Å²) in [4.78, 5) is 11.1. The number of carboxylic acids is 1. The molecular weight excluding hydrogens is 355 g/mol. The highest BCUT2D eigenvalue weighted by molar-refractivity contribution is 5.87. The second kappa shape index (κ2) is 6.15. The van der Waals surface area contributed by atoms with Crippen molar-refractivity contribution in [2.24, 2.45) is 5.92 Å². The Morgan fingerprint density at radius 3 is 2.48 bits per heavy atom. The van der Waals surface area contributed by atoms with Crippen LogP contribution in [-0.2, 0) is 6.18 Å². The predicted octanol–water partition coefficient (Wildman–Crippen LogP) is 5.54. The Bertz CT molecular complexity index is 932. The van der Waals surface area contributed by atoms with E-state index in [1.165, 1.54) is 25.1 Å². The molecule has 0 saturated carbocycles. The molecule has 0 spiro atoms. The monoisotopic (exact) mass is 373 g/mol. The number of alkyl halides is 3. The topological polar surface area (TPSA) is 49.3 Å². The second-order valence-electron chi connectivity index (χ2n) is 7.12. The molecular formula is C21H18F3NO2. The summed E-state index contributed by atoms with van der Waals surface area (Å²) >= 11 is 0. The Kier molecular flexibility index (Phi) is 4.02. The number of anilines is 1. The average molecular weight is 373 g/mol. The minimum absolute atomic E-state index is 0.0453. The van der Waals surface area contributed by atoms with Gasteiger partial charge in [0.2, 0.25) is 0 Å². The van der Waals surface area contributed by atoms with Gasteiger partial charge in [0.1, 0.15) is 0 Å². The SMILES string of the molecule is Cc1ccc2c(c1C(F)(F)F)C1C=CCC1C(c1ccc(C(=O)O)cc1)N2. The van der Waals surface area contributed by atoms with Gasteiger partial charge in [0, 0.05) is 11.6 Å². The number of aryl methyl sites for hydroxylation is 1. The molecule has 3 nitrogen and oxygen atoms in total. The molecule has 3 atom stereocenters. The van der Waals surface area contributed by atoms with Crippen LogP contribution in [0.4, 0.5) is 18.9 Å². The van der Waals surface area contributed by atoms with Crippen LogP contribution in [0.2, 0.25) is 0 Å². The normalized spacial score (nSPS) is 23.5. The number of benzene rings is 2. The molecule has 2 N–H and O–H groups in total. The van der Waals surface area contributed by atoms with E-state index in [2.05, 4.69) is 5.32 Å². The molecule has 27 heavy (non-hydrogen) atoms. The Morgan fingerprint density at radius 2 is 1.85 bits per heavy atom. The zero-order chi connectivity index (χ0) is 19.3. The standard InChI is InChI=1S/C21H18F3NO2/c1-11-5-10-16-17(18(11)21(22,23)24)14-3-2-4-15(14)19(25-16)12-6-8-13(9-7-12)20(26)27/h2-3,5-10,14-15,19,25H,4H2,1H3,(H,26,27). The number of rotatable bonds is 2. The number of fused-ring (bicyclic) bond motifs is 3. The molecule has 2 aliphatic rings. The largest absolute Gasteiger partial charge is 0.478 e. The summed E-state index contributed by atoms with van der Waals surface area (Å²) in [7, 11) is 0. The fraction of sp³-hybridized carbons (Fsp3) is 0.286. The van der Waals surface area contributed by atoms with Crippen LogP contribution < -0.4 is 5.32 Å². The van der Waals surface area contributed by atoms with Crippen molar-refractivity contribution in [2.75, 3.05) is 5.32 Å². The number of allylic oxidation sites excluding steroid dienone is 2. The average Bonchev–Trinajstić information content (AvgIpc) is 3.10. The summed E-state index contributed by atoms with van der Waals surface area (Å²) < 4.78 is 41.2. The number of carboxylic acid groups (broad SMARTS) is 1. The first kappa shape index (κ1) is 17.6. The number of carbonyl (C=O) groups is 1. The zero-order valence-corrected chi connectivity index (χ0v) is 14.5. The minimum atomic E-state index is -4.41. The summed E-state index contributed by atoms with van der Waals surface area (Å²) in [6.45, 7) is 1.49. The number of nitrogens with one attached hydrogen (secondary N) is 1. The third-order valence-electron chi connectivity index (χ3n) is 5.54. The molecule has 6 heteroatoms. The third kappa shape index (κ3) is 2.89. The van der Waals surface area contributed by atoms with Gasteiger partial charge in [-0.2, -0.15) is 13.2 Å². The van der Waals surface area contributed by atoms with Gasteiger partial charge >= 0.3 is 12.1 Å². The number of hydrogen-bond acceptors (Lipinski definition) is 2. The van der Waals surface area contributed by atoms with Crippen molar-refractivity contribution in [1.82, 2.24) is 0 Å². The van der Waals surface area contributed by atoms with Crippen LogP contribution in [0.15, 0.2) is 48.6 Å². The summed E-state index contributed by atoms with van der Waals surface area (Å²) in [5.74, 6) is -1.37. The molecule has 140 valence electrons. The van der Waals surface area contributed by atoms with Crippen LogP contribution in [0.5, 0.6) is 0 Å². The number of aromatic carboxylic acids is 1. The molecule has 1 aliphatic carbocycles. The molecule has 2 aromatic rings. The lowest BCUT2D eigenvalue weighted by Gasteiger charge is -2.39. The van der Waals surface area contributed by atoms with Crippen molar-refractivity contribution in [3.8, 4) is 0 Å². The molecule has 1 aliphatic heterocycles. The van der Waals surface area contributed by atoms with Gasteiger partial charge in [-0.1, -0.05) is 30.4 Å². The van der Waals surface area contributed by atoms with Crippen molar-refractivity contribution in [2.45, 2.75) is 31.5 Å². The highest BCUT2D eigenvalue weighted by Crippen LogP contribution is 2.53. The minimum Gasteiger partial charge on any atom is -0.478 e. The van der Waals surface area contributed by atoms with E-state index in [9.17, 15) is 18.0 Å². The van der Waals surface area contributed by atoms with E-state index in [-0.39, 0.29) is 29.0 Å². The summed E-state index contributed by atoms with van der Waals surface area (Å²) in [6.07, 6.45) is 0.0760. The van der Waals surface area contributed by atoms with Crippen molar-refractivity contribution < 1.29 is 23.1 Å². The van der Waals surface area contributed by atoms with Gasteiger partial charge in [-0.05, 0) is 54.2 Å². The number of halogens is 3.